The Kier molecular flexibility index (Phi) is 8.56. The van der Waals surface area contributed by atoms with E-state index in [2.05, 4.69) is 10.3 Å². The number of carboxylic acids is 1. The summed E-state index contributed by atoms with van der Waals surface area (Å²) in [6.45, 7) is 1.71. The number of nitrogens with one attached hydrogen (secondary N) is 1. The number of carbonyl (C=O) groups is 2. The molecule has 2 aromatic heterocycles. The standard InChI is InChI=1S/C29H29ClFN3O3/c1-19(16-31)14-22(21-10-12-23(30)13-11-21)17-32-28(35)26-8-5-9-27-33-25(18-34(26)27)24(29(36)37)15-20-6-3-2-4-7-20/h2-13,18-19,22,24H,14-17H2,1H3,(H,32,35)(H,36,37). The number of pyridine rings is 1. The molecule has 3 atom stereocenters. The fourth-order valence-electron chi connectivity index (χ4n) is 4.48. The number of aromatic nitrogens is 2. The first-order chi connectivity index (χ1) is 17.9. The molecule has 0 bridgehead atoms. The van der Waals surface area contributed by atoms with Crippen LogP contribution in [-0.2, 0) is 11.2 Å². The van der Waals surface area contributed by atoms with Crippen molar-refractivity contribution in [1.82, 2.24) is 14.7 Å². The van der Waals surface area contributed by atoms with Crippen molar-refractivity contribution in [2.24, 2.45) is 5.92 Å². The summed E-state index contributed by atoms with van der Waals surface area (Å²) in [5.41, 5.74) is 3.07. The van der Waals surface area contributed by atoms with Gasteiger partial charge in [-0.3, -0.25) is 18.4 Å². The number of rotatable bonds is 11. The highest BCUT2D eigenvalue weighted by Crippen LogP contribution is 2.26. The molecule has 0 spiro atoms. The van der Waals surface area contributed by atoms with E-state index in [4.69, 9.17) is 11.6 Å². The number of aliphatic carboxylic acids is 1. The lowest BCUT2D eigenvalue weighted by atomic mass is 9.90. The summed E-state index contributed by atoms with van der Waals surface area (Å²) in [5, 5.41) is 13.5. The normalized spacial score (nSPS) is 13.7. The molecule has 0 aliphatic rings. The van der Waals surface area contributed by atoms with Gasteiger partial charge < -0.3 is 10.4 Å². The van der Waals surface area contributed by atoms with Crippen molar-refractivity contribution in [3.8, 4) is 0 Å². The van der Waals surface area contributed by atoms with Crippen LogP contribution in [0.15, 0.2) is 79.0 Å². The smallest absolute Gasteiger partial charge is 0.312 e. The van der Waals surface area contributed by atoms with Crippen molar-refractivity contribution in [2.45, 2.75) is 31.6 Å². The number of carbonyl (C=O) groups excluding carboxylic acids is 1. The Hall–Kier alpha value is -3.71. The minimum Gasteiger partial charge on any atom is -0.481 e. The van der Waals surface area contributed by atoms with Gasteiger partial charge in [-0.2, -0.15) is 0 Å². The molecule has 0 saturated heterocycles. The van der Waals surface area contributed by atoms with Gasteiger partial charge in [0.15, 0.2) is 0 Å². The average molecular weight is 522 g/mol. The van der Waals surface area contributed by atoms with Crippen LogP contribution in [0.3, 0.4) is 0 Å². The van der Waals surface area contributed by atoms with Crippen LogP contribution in [-0.4, -0.2) is 39.6 Å². The van der Waals surface area contributed by atoms with E-state index in [-0.39, 0.29) is 24.2 Å². The van der Waals surface area contributed by atoms with E-state index in [0.717, 1.165) is 11.1 Å². The van der Waals surface area contributed by atoms with Crippen molar-refractivity contribution in [1.29, 1.82) is 0 Å². The highest BCUT2D eigenvalue weighted by Gasteiger charge is 2.25. The third-order valence-electron chi connectivity index (χ3n) is 6.48. The van der Waals surface area contributed by atoms with E-state index in [0.29, 0.717) is 35.0 Å². The molecule has 8 heteroatoms. The molecular formula is C29H29ClFN3O3. The van der Waals surface area contributed by atoms with Gasteiger partial charge >= 0.3 is 5.97 Å². The highest BCUT2D eigenvalue weighted by molar-refractivity contribution is 6.30. The zero-order chi connectivity index (χ0) is 26.4. The molecular weight excluding hydrogens is 493 g/mol. The summed E-state index contributed by atoms with van der Waals surface area (Å²) in [5.74, 6) is -2.40. The third-order valence-corrected chi connectivity index (χ3v) is 6.73. The van der Waals surface area contributed by atoms with Crippen LogP contribution in [0.2, 0.25) is 5.02 Å². The van der Waals surface area contributed by atoms with Gasteiger partial charge in [0.05, 0.1) is 12.4 Å². The first-order valence-electron chi connectivity index (χ1n) is 12.2. The predicted molar refractivity (Wildman–Crippen MR) is 142 cm³/mol. The lowest BCUT2D eigenvalue weighted by molar-refractivity contribution is -0.138. The number of imidazole rings is 1. The van der Waals surface area contributed by atoms with Crippen molar-refractivity contribution in [2.75, 3.05) is 13.2 Å². The van der Waals surface area contributed by atoms with Gasteiger partial charge in [0.25, 0.3) is 5.91 Å². The lowest BCUT2D eigenvalue weighted by Gasteiger charge is -2.21. The number of hydrogen-bond donors (Lipinski definition) is 2. The zero-order valence-corrected chi connectivity index (χ0v) is 21.2. The first-order valence-corrected chi connectivity index (χ1v) is 12.6. The maximum atomic E-state index is 13.3. The quantitative estimate of drug-likeness (QED) is 0.257. The molecule has 0 radical (unpaired) electrons. The molecule has 4 rings (SSSR count). The van der Waals surface area contributed by atoms with E-state index >= 15 is 0 Å². The topological polar surface area (TPSA) is 83.7 Å². The lowest BCUT2D eigenvalue weighted by Crippen LogP contribution is -2.30. The number of hydrogen-bond acceptors (Lipinski definition) is 3. The number of fused-ring (bicyclic) bond motifs is 1. The van der Waals surface area contributed by atoms with Crippen LogP contribution in [0.4, 0.5) is 4.39 Å². The van der Waals surface area contributed by atoms with E-state index < -0.39 is 18.6 Å². The predicted octanol–water partition coefficient (Wildman–Crippen LogP) is 5.91. The SMILES string of the molecule is CC(CF)CC(CNC(=O)c1cccc2nc(C(Cc3ccccc3)C(=O)O)cn12)c1ccc(Cl)cc1. The number of nitrogens with zero attached hydrogens (tertiary/aromatic N) is 2. The molecule has 37 heavy (non-hydrogen) atoms. The molecule has 4 aromatic rings. The van der Waals surface area contributed by atoms with Crippen LogP contribution >= 0.6 is 11.6 Å². The minimum atomic E-state index is -0.981. The number of alkyl halides is 1. The van der Waals surface area contributed by atoms with Gasteiger partial charge in [0.2, 0.25) is 0 Å². The zero-order valence-electron chi connectivity index (χ0n) is 20.5. The highest BCUT2D eigenvalue weighted by atomic mass is 35.5. The Bertz CT molecular complexity index is 1360. The number of benzene rings is 2. The Balaban J connectivity index is 1.56. The molecule has 0 aliphatic carbocycles. The summed E-state index contributed by atoms with van der Waals surface area (Å²) in [6, 6.07) is 21.9. The summed E-state index contributed by atoms with van der Waals surface area (Å²) in [6.07, 6.45) is 2.47. The number of halogens is 2. The van der Waals surface area contributed by atoms with Crippen LogP contribution in [0.25, 0.3) is 5.65 Å². The Morgan fingerprint density at radius 3 is 2.46 bits per heavy atom. The van der Waals surface area contributed by atoms with Crippen molar-refractivity contribution in [3.63, 3.8) is 0 Å². The Labute approximate surface area is 220 Å². The maximum absolute atomic E-state index is 13.3. The van der Waals surface area contributed by atoms with Gasteiger partial charge in [-0.05, 0) is 54.2 Å². The van der Waals surface area contributed by atoms with Crippen LogP contribution in [0, 0.1) is 5.92 Å². The molecule has 192 valence electrons. The molecule has 3 unspecified atom stereocenters. The molecule has 2 heterocycles. The largest absolute Gasteiger partial charge is 0.481 e. The van der Waals surface area contributed by atoms with Gasteiger partial charge in [-0.15, -0.1) is 0 Å². The molecule has 2 N–H and O–H groups in total. The second-order valence-electron chi connectivity index (χ2n) is 9.34. The fraction of sp³-hybridized carbons (Fsp3) is 0.276. The third kappa shape index (κ3) is 6.54. The Morgan fingerprint density at radius 1 is 1.05 bits per heavy atom. The van der Waals surface area contributed by atoms with Crippen molar-refractivity contribution >= 4 is 29.1 Å². The Morgan fingerprint density at radius 2 is 1.78 bits per heavy atom. The van der Waals surface area contributed by atoms with E-state index in [1.165, 1.54) is 0 Å². The molecule has 1 amide bonds. The van der Waals surface area contributed by atoms with E-state index in [9.17, 15) is 19.1 Å². The molecule has 0 aliphatic heterocycles. The number of amides is 1. The van der Waals surface area contributed by atoms with Crippen LogP contribution in [0.1, 0.15) is 52.5 Å². The summed E-state index contributed by atoms with van der Waals surface area (Å²) in [7, 11) is 0. The van der Waals surface area contributed by atoms with Gasteiger partial charge in [0, 0.05) is 23.7 Å². The van der Waals surface area contributed by atoms with E-state index in [1.54, 1.807) is 40.9 Å². The first kappa shape index (κ1) is 26.4. The van der Waals surface area contributed by atoms with Crippen molar-refractivity contribution in [3.05, 3.63) is 107 Å². The summed E-state index contributed by atoms with van der Waals surface area (Å²) < 4.78 is 14.9. The average Bonchev–Trinajstić information content (AvgIpc) is 3.34. The molecule has 0 fully saturated rings. The minimum absolute atomic E-state index is 0.0909. The summed E-state index contributed by atoms with van der Waals surface area (Å²) >= 11 is 6.03. The monoisotopic (exact) mass is 521 g/mol. The maximum Gasteiger partial charge on any atom is 0.312 e. The molecule has 0 saturated carbocycles. The fourth-order valence-corrected chi connectivity index (χ4v) is 4.60. The molecule has 6 nitrogen and oxygen atoms in total. The van der Waals surface area contributed by atoms with E-state index in [1.807, 2.05) is 49.4 Å². The van der Waals surface area contributed by atoms with Gasteiger partial charge in [-0.25, -0.2) is 4.98 Å². The summed E-state index contributed by atoms with van der Waals surface area (Å²) in [4.78, 5) is 29.8. The van der Waals surface area contributed by atoms with Crippen LogP contribution < -0.4 is 5.32 Å². The van der Waals surface area contributed by atoms with Gasteiger partial charge in [0.1, 0.15) is 17.3 Å². The van der Waals surface area contributed by atoms with Crippen LogP contribution in [0.5, 0.6) is 0 Å². The second-order valence-corrected chi connectivity index (χ2v) is 9.78. The van der Waals surface area contributed by atoms with Gasteiger partial charge in [-0.1, -0.05) is 67.1 Å². The number of carboxylic acid groups (broad SMARTS) is 1. The molecule has 2 aromatic carbocycles. The second kappa shape index (κ2) is 12.0. The van der Waals surface area contributed by atoms with Crippen molar-refractivity contribution < 1.29 is 19.1 Å².